The number of para-hydroxylation sites is 1. The zero-order valence-corrected chi connectivity index (χ0v) is 14.9. The first-order valence-corrected chi connectivity index (χ1v) is 8.57. The second kappa shape index (κ2) is 8.21. The first-order chi connectivity index (χ1) is 12.7. The summed E-state index contributed by atoms with van der Waals surface area (Å²) in [6.45, 7) is 2.11. The van der Waals surface area contributed by atoms with E-state index in [4.69, 9.17) is 4.74 Å². The van der Waals surface area contributed by atoms with E-state index in [0.717, 1.165) is 17.7 Å². The second-order valence-electron chi connectivity index (χ2n) is 5.83. The fraction of sp³-hybridized carbons (Fsp3) is 0.136. The summed E-state index contributed by atoms with van der Waals surface area (Å²) in [5.74, 6) is 0.723. The van der Waals surface area contributed by atoms with Crippen molar-refractivity contribution >= 4 is 11.4 Å². The number of aromatic hydroxyl groups is 1. The van der Waals surface area contributed by atoms with Crippen molar-refractivity contribution in [1.82, 2.24) is 0 Å². The molecule has 0 aliphatic carbocycles. The molecule has 3 aromatic carbocycles. The molecule has 0 aliphatic rings. The summed E-state index contributed by atoms with van der Waals surface area (Å²) in [4.78, 5) is 0. The molecule has 0 saturated heterocycles. The van der Waals surface area contributed by atoms with Crippen LogP contribution < -0.4 is 10.2 Å². The second-order valence-corrected chi connectivity index (χ2v) is 5.83. The van der Waals surface area contributed by atoms with E-state index in [1.165, 1.54) is 5.56 Å². The molecule has 26 heavy (non-hydrogen) atoms. The van der Waals surface area contributed by atoms with Crippen molar-refractivity contribution in [2.45, 2.75) is 13.3 Å². The molecule has 0 aliphatic heterocycles. The SMILES string of the molecule is CCc1ccccc1N/N=C(\c1ccccc1)c1ccc(OC)cc1O. The largest absolute Gasteiger partial charge is 0.507 e. The zero-order valence-electron chi connectivity index (χ0n) is 14.9. The monoisotopic (exact) mass is 346 g/mol. The van der Waals surface area contributed by atoms with E-state index in [1.54, 1.807) is 13.2 Å². The van der Waals surface area contributed by atoms with E-state index in [9.17, 15) is 5.11 Å². The van der Waals surface area contributed by atoms with Gasteiger partial charge in [0.15, 0.2) is 0 Å². The molecule has 0 heterocycles. The molecule has 0 spiro atoms. The van der Waals surface area contributed by atoms with Gasteiger partial charge in [-0.1, -0.05) is 55.5 Å². The maximum Gasteiger partial charge on any atom is 0.128 e. The Morgan fingerprint density at radius 2 is 1.73 bits per heavy atom. The van der Waals surface area contributed by atoms with Gasteiger partial charge in [0.25, 0.3) is 0 Å². The molecule has 0 fully saturated rings. The Balaban J connectivity index is 2.04. The van der Waals surface area contributed by atoms with E-state index < -0.39 is 0 Å². The highest BCUT2D eigenvalue weighted by Crippen LogP contribution is 2.26. The van der Waals surface area contributed by atoms with E-state index in [-0.39, 0.29) is 5.75 Å². The number of phenolic OH excluding ortho intramolecular Hbond substituents is 1. The van der Waals surface area contributed by atoms with Crippen molar-refractivity contribution in [3.63, 3.8) is 0 Å². The summed E-state index contributed by atoms with van der Waals surface area (Å²) in [6.07, 6.45) is 0.910. The van der Waals surface area contributed by atoms with Gasteiger partial charge in [0.1, 0.15) is 17.2 Å². The summed E-state index contributed by atoms with van der Waals surface area (Å²) in [5.41, 5.74) is 7.51. The van der Waals surface area contributed by atoms with Crippen LogP contribution in [-0.2, 0) is 6.42 Å². The maximum atomic E-state index is 10.5. The van der Waals surface area contributed by atoms with E-state index in [0.29, 0.717) is 17.0 Å². The Hall–Kier alpha value is -3.27. The fourth-order valence-corrected chi connectivity index (χ4v) is 2.77. The van der Waals surface area contributed by atoms with Gasteiger partial charge in [-0.05, 0) is 30.2 Å². The number of hydrazone groups is 1. The summed E-state index contributed by atoms with van der Waals surface area (Å²) in [6, 6.07) is 23.1. The lowest BCUT2D eigenvalue weighted by molar-refractivity contribution is 0.407. The predicted molar refractivity (Wildman–Crippen MR) is 106 cm³/mol. The normalized spacial score (nSPS) is 11.2. The molecule has 2 N–H and O–H groups in total. The van der Waals surface area contributed by atoms with Gasteiger partial charge < -0.3 is 9.84 Å². The van der Waals surface area contributed by atoms with Crippen molar-refractivity contribution in [1.29, 1.82) is 0 Å². The van der Waals surface area contributed by atoms with Gasteiger partial charge in [-0.15, -0.1) is 0 Å². The van der Waals surface area contributed by atoms with Gasteiger partial charge in [-0.3, -0.25) is 5.43 Å². The molecule has 0 aromatic heterocycles. The number of benzene rings is 3. The van der Waals surface area contributed by atoms with Crippen LogP contribution in [0.1, 0.15) is 23.6 Å². The molecule has 3 aromatic rings. The number of nitrogens with one attached hydrogen (secondary N) is 1. The third kappa shape index (κ3) is 3.86. The Labute approximate surface area is 153 Å². The van der Waals surface area contributed by atoms with Crippen LogP contribution in [0, 0.1) is 0 Å². The number of phenols is 1. The lowest BCUT2D eigenvalue weighted by Gasteiger charge is -2.12. The Bertz CT molecular complexity index is 905. The number of hydrogen-bond donors (Lipinski definition) is 2. The summed E-state index contributed by atoms with van der Waals surface area (Å²) >= 11 is 0. The number of nitrogens with zero attached hydrogens (tertiary/aromatic N) is 1. The molecule has 3 rings (SSSR count). The lowest BCUT2D eigenvalue weighted by atomic mass is 10.0. The Morgan fingerprint density at radius 3 is 2.42 bits per heavy atom. The standard InChI is InChI=1S/C22H22N2O2/c1-3-16-9-7-8-12-20(16)23-24-22(17-10-5-4-6-11-17)19-14-13-18(26-2)15-21(19)25/h4-15,23,25H,3H2,1-2H3/b24-22+. The molecule has 0 atom stereocenters. The fourth-order valence-electron chi connectivity index (χ4n) is 2.77. The van der Waals surface area contributed by atoms with Crippen molar-refractivity contribution in [3.8, 4) is 11.5 Å². The van der Waals surface area contributed by atoms with Crippen LogP contribution >= 0.6 is 0 Å². The third-order valence-electron chi connectivity index (χ3n) is 4.19. The van der Waals surface area contributed by atoms with Crippen molar-refractivity contribution < 1.29 is 9.84 Å². The number of anilines is 1. The number of ether oxygens (including phenoxy) is 1. The van der Waals surface area contributed by atoms with Crippen molar-refractivity contribution in [2.24, 2.45) is 5.10 Å². The van der Waals surface area contributed by atoms with Gasteiger partial charge in [-0.25, -0.2) is 0 Å². The van der Waals surface area contributed by atoms with Crippen molar-refractivity contribution in [3.05, 3.63) is 89.5 Å². The highest BCUT2D eigenvalue weighted by molar-refractivity contribution is 6.14. The molecular weight excluding hydrogens is 324 g/mol. The van der Waals surface area contributed by atoms with Crippen LogP contribution in [0.3, 0.4) is 0 Å². The highest BCUT2D eigenvalue weighted by atomic mass is 16.5. The average molecular weight is 346 g/mol. The van der Waals surface area contributed by atoms with Gasteiger partial charge >= 0.3 is 0 Å². The zero-order chi connectivity index (χ0) is 18.4. The van der Waals surface area contributed by atoms with Gasteiger partial charge in [0.05, 0.1) is 12.8 Å². The molecule has 0 radical (unpaired) electrons. The van der Waals surface area contributed by atoms with E-state index in [1.807, 2.05) is 60.7 Å². The predicted octanol–water partition coefficient (Wildman–Crippen LogP) is 4.83. The summed E-state index contributed by atoms with van der Waals surface area (Å²) in [5, 5.41) is 15.1. The van der Waals surface area contributed by atoms with Gasteiger partial charge in [0, 0.05) is 17.2 Å². The van der Waals surface area contributed by atoms with Crippen LogP contribution in [0.25, 0.3) is 0 Å². The quantitative estimate of drug-likeness (QED) is 0.497. The summed E-state index contributed by atoms with van der Waals surface area (Å²) in [7, 11) is 1.57. The molecule has 0 amide bonds. The highest BCUT2D eigenvalue weighted by Gasteiger charge is 2.13. The first kappa shape index (κ1) is 17.5. The minimum absolute atomic E-state index is 0.123. The summed E-state index contributed by atoms with van der Waals surface area (Å²) < 4.78 is 5.18. The molecule has 0 unspecified atom stereocenters. The van der Waals surface area contributed by atoms with Crippen LogP contribution in [0.15, 0.2) is 77.9 Å². The minimum atomic E-state index is 0.123. The molecule has 4 nitrogen and oxygen atoms in total. The van der Waals surface area contributed by atoms with E-state index in [2.05, 4.69) is 23.5 Å². The number of rotatable bonds is 6. The van der Waals surface area contributed by atoms with E-state index >= 15 is 0 Å². The molecule has 0 bridgehead atoms. The van der Waals surface area contributed by atoms with Crippen LogP contribution in [0.4, 0.5) is 5.69 Å². The van der Waals surface area contributed by atoms with Crippen LogP contribution in [0.2, 0.25) is 0 Å². The number of aryl methyl sites for hydroxylation is 1. The molecule has 132 valence electrons. The van der Waals surface area contributed by atoms with Gasteiger partial charge in [0.2, 0.25) is 0 Å². The third-order valence-corrected chi connectivity index (χ3v) is 4.19. The number of hydrogen-bond acceptors (Lipinski definition) is 4. The molecular formula is C22H22N2O2. The van der Waals surface area contributed by atoms with Gasteiger partial charge in [-0.2, -0.15) is 5.10 Å². The maximum absolute atomic E-state index is 10.5. The van der Waals surface area contributed by atoms with Crippen molar-refractivity contribution in [2.75, 3.05) is 12.5 Å². The Morgan fingerprint density at radius 1 is 1.00 bits per heavy atom. The number of methoxy groups -OCH3 is 1. The van der Waals surface area contributed by atoms with Crippen LogP contribution in [0.5, 0.6) is 11.5 Å². The topological polar surface area (TPSA) is 53.9 Å². The first-order valence-electron chi connectivity index (χ1n) is 8.57. The molecule has 0 saturated carbocycles. The Kier molecular flexibility index (Phi) is 5.54. The molecule has 4 heteroatoms. The smallest absolute Gasteiger partial charge is 0.128 e. The van der Waals surface area contributed by atoms with Crippen LogP contribution in [-0.4, -0.2) is 17.9 Å². The minimum Gasteiger partial charge on any atom is -0.507 e. The lowest BCUT2D eigenvalue weighted by Crippen LogP contribution is -2.07. The average Bonchev–Trinajstić information content (AvgIpc) is 2.70.